The van der Waals surface area contributed by atoms with E-state index < -0.39 is 10.0 Å². The van der Waals surface area contributed by atoms with Gasteiger partial charge in [0.15, 0.2) is 0 Å². The van der Waals surface area contributed by atoms with E-state index >= 15 is 0 Å². The topological polar surface area (TPSA) is 62.7 Å². The third kappa shape index (κ3) is 4.41. The maximum absolute atomic E-state index is 12.8. The fraction of sp³-hybridized carbons (Fsp3) is 0.500. The Hall–Kier alpha value is -2.12. The van der Waals surface area contributed by atoms with E-state index in [9.17, 15) is 8.42 Å². The zero-order valence-corrected chi connectivity index (χ0v) is 17.8. The van der Waals surface area contributed by atoms with Gasteiger partial charge in [0.1, 0.15) is 16.5 Å². The number of rotatable bonds is 5. The summed E-state index contributed by atoms with van der Waals surface area (Å²) in [6, 6.07) is 11.9. The van der Waals surface area contributed by atoms with Crippen LogP contribution in [0, 0.1) is 0 Å². The molecule has 1 aromatic carbocycles. The van der Waals surface area contributed by atoms with Crippen molar-refractivity contribution in [1.29, 1.82) is 0 Å². The number of pyridine rings is 1. The van der Waals surface area contributed by atoms with Gasteiger partial charge in [-0.05, 0) is 61.4 Å². The minimum absolute atomic E-state index is 0.300. The molecule has 7 heteroatoms. The first kappa shape index (κ1) is 20.2. The summed E-state index contributed by atoms with van der Waals surface area (Å²) in [5.74, 6) is 2.27. The minimum atomic E-state index is -3.42. The van der Waals surface area contributed by atoms with Crippen molar-refractivity contribution in [2.24, 2.45) is 0 Å². The maximum Gasteiger partial charge on any atom is 0.244 e. The molecule has 29 heavy (non-hydrogen) atoms. The SMILES string of the molecule is COc1cccc(C2CCN(c3ccc(S(=O)(=O)N4CCCCC4)cn3)CC2)c1. The van der Waals surface area contributed by atoms with Crippen molar-refractivity contribution in [3.05, 3.63) is 48.2 Å². The molecule has 0 amide bonds. The molecule has 2 aliphatic rings. The first-order valence-corrected chi connectivity index (χ1v) is 11.9. The molecule has 0 unspecified atom stereocenters. The predicted octanol–water partition coefficient (Wildman–Crippen LogP) is 3.65. The summed E-state index contributed by atoms with van der Waals surface area (Å²) in [6.45, 7) is 3.05. The number of sulfonamides is 1. The third-order valence-electron chi connectivity index (χ3n) is 6.06. The zero-order valence-electron chi connectivity index (χ0n) is 17.0. The number of nitrogens with zero attached hydrogens (tertiary/aromatic N) is 3. The van der Waals surface area contributed by atoms with Gasteiger partial charge in [-0.2, -0.15) is 4.31 Å². The highest BCUT2D eigenvalue weighted by Gasteiger charge is 2.27. The smallest absolute Gasteiger partial charge is 0.244 e. The maximum atomic E-state index is 12.8. The van der Waals surface area contributed by atoms with Crippen LogP contribution < -0.4 is 9.64 Å². The Bertz CT molecular complexity index is 917. The summed E-state index contributed by atoms with van der Waals surface area (Å²) in [5, 5.41) is 0. The van der Waals surface area contributed by atoms with Gasteiger partial charge in [-0.25, -0.2) is 13.4 Å². The van der Waals surface area contributed by atoms with E-state index in [1.807, 2.05) is 18.2 Å². The fourth-order valence-electron chi connectivity index (χ4n) is 4.30. The molecule has 0 saturated carbocycles. The number of hydrogen-bond donors (Lipinski definition) is 0. The lowest BCUT2D eigenvalue weighted by molar-refractivity contribution is 0.346. The highest BCUT2D eigenvalue weighted by atomic mass is 32.2. The molecule has 0 radical (unpaired) electrons. The van der Waals surface area contributed by atoms with Crippen LogP contribution in [0.25, 0.3) is 0 Å². The number of ether oxygens (including phenoxy) is 1. The molecule has 0 aliphatic carbocycles. The van der Waals surface area contributed by atoms with Crippen molar-refractivity contribution in [1.82, 2.24) is 9.29 Å². The van der Waals surface area contributed by atoms with Crippen LogP contribution >= 0.6 is 0 Å². The van der Waals surface area contributed by atoms with E-state index in [1.165, 1.54) is 11.8 Å². The second kappa shape index (κ2) is 8.71. The Morgan fingerprint density at radius 3 is 2.41 bits per heavy atom. The van der Waals surface area contributed by atoms with E-state index in [4.69, 9.17) is 4.74 Å². The van der Waals surface area contributed by atoms with Gasteiger partial charge in [0.25, 0.3) is 0 Å². The largest absolute Gasteiger partial charge is 0.497 e. The molecule has 4 rings (SSSR count). The van der Waals surface area contributed by atoms with Crippen LogP contribution in [0.1, 0.15) is 43.6 Å². The molecule has 3 heterocycles. The van der Waals surface area contributed by atoms with Gasteiger partial charge in [-0.1, -0.05) is 18.6 Å². The van der Waals surface area contributed by atoms with Gasteiger partial charge >= 0.3 is 0 Å². The van der Waals surface area contributed by atoms with E-state index in [2.05, 4.69) is 22.0 Å². The van der Waals surface area contributed by atoms with Crippen LogP contribution in [0.15, 0.2) is 47.5 Å². The molecular formula is C22H29N3O3S. The van der Waals surface area contributed by atoms with Crippen molar-refractivity contribution >= 4 is 15.8 Å². The van der Waals surface area contributed by atoms with Crippen molar-refractivity contribution < 1.29 is 13.2 Å². The van der Waals surface area contributed by atoms with Gasteiger partial charge in [-0.3, -0.25) is 0 Å². The van der Waals surface area contributed by atoms with Gasteiger partial charge < -0.3 is 9.64 Å². The Morgan fingerprint density at radius 2 is 1.76 bits per heavy atom. The first-order chi connectivity index (χ1) is 14.1. The lowest BCUT2D eigenvalue weighted by Crippen LogP contribution is -2.36. The van der Waals surface area contributed by atoms with Crippen LogP contribution in [0.3, 0.4) is 0 Å². The van der Waals surface area contributed by atoms with Gasteiger partial charge in [0.05, 0.1) is 7.11 Å². The van der Waals surface area contributed by atoms with Crippen LogP contribution in [-0.4, -0.2) is 51.0 Å². The molecule has 2 fully saturated rings. The Kier molecular flexibility index (Phi) is 6.06. The lowest BCUT2D eigenvalue weighted by atomic mass is 9.89. The number of benzene rings is 1. The third-order valence-corrected chi connectivity index (χ3v) is 7.94. The van der Waals surface area contributed by atoms with Crippen LogP contribution in [0.5, 0.6) is 5.75 Å². The molecule has 1 aromatic heterocycles. The van der Waals surface area contributed by atoms with Gasteiger partial charge in [0.2, 0.25) is 10.0 Å². The summed E-state index contributed by atoms with van der Waals surface area (Å²) in [6.07, 6.45) is 6.59. The second-order valence-corrected chi connectivity index (χ2v) is 9.79. The molecule has 2 aliphatic heterocycles. The summed E-state index contributed by atoms with van der Waals surface area (Å²) in [5.41, 5.74) is 1.32. The van der Waals surface area contributed by atoms with Gasteiger partial charge in [0, 0.05) is 32.4 Å². The number of anilines is 1. The fourth-order valence-corrected chi connectivity index (χ4v) is 5.77. The molecule has 0 atom stereocenters. The normalized spacial score (nSPS) is 19.3. The molecule has 0 N–H and O–H groups in total. The summed E-state index contributed by atoms with van der Waals surface area (Å²) < 4.78 is 32.5. The molecule has 2 aromatic rings. The van der Waals surface area contributed by atoms with Crippen molar-refractivity contribution in [3.63, 3.8) is 0 Å². The summed E-state index contributed by atoms with van der Waals surface area (Å²) in [4.78, 5) is 7.03. The zero-order chi connectivity index (χ0) is 20.3. The molecule has 156 valence electrons. The monoisotopic (exact) mass is 415 g/mol. The van der Waals surface area contributed by atoms with E-state index in [0.29, 0.717) is 23.9 Å². The average Bonchev–Trinajstić information content (AvgIpc) is 2.80. The quantitative estimate of drug-likeness (QED) is 0.746. The number of aromatic nitrogens is 1. The minimum Gasteiger partial charge on any atom is -0.497 e. The van der Waals surface area contributed by atoms with E-state index in [-0.39, 0.29) is 0 Å². The van der Waals surface area contributed by atoms with Crippen LogP contribution in [0.4, 0.5) is 5.82 Å². The highest BCUT2D eigenvalue weighted by molar-refractivity contribution is 7.89. The average molecular weight is 416 g/mol. The Balaban J connectivity index is 1.40. The van der Waals surface area contributed by atoms with E-state index in [0.717, 1.165) is 56.8 Å². The van der Waals surface area contributed by atoms with Crippen molar-refractivity contribution in [2.75, 3.05) is 38.2 Å². The van der Waals surface area contributed by atoms with Gasteiger partial charge in [-0.15, -0.1) is 0 Å². The standard InChI is InChI=1S/C22H29N3O3S/c1-28-20-7-5-6-19(16-20)18-10-14-24(15-11-18)22-9-8-21(17-23-22)29(26,27)25-12-3-2-4-13-25/h5-9,16-18H,2-4,10-15H2,1H3. The molecule has 6 nitrogen and oxygen atoms in total. The summed E-state index contributed by atoms with van der Waals surface area (Å²) in [7, 11) is -1.72. The number of piperidine rings is 2. The molecular weight excluding hydrogens is 386 g/mol. The molecule has 0 spiro atoms. The van der Waals surface area contributed by atoms with Crippen LogP contribution in [-0.2, 0) is 10.0 Å². The lowest BCUT2D eigenvalue weighted by Gasteiger charge is -2.33. The number of methoxy groups -OCH3 is 1. The number of hydrogen-bond acceptors (Lipinski definition) is 5. The van der Waals surface area contributed by atoms with Crippen LogP contribution in [0.2, 0.25) is 0 Å². The molecule has 2 saturated heterocycles. The molecule has 0 bridgehead atoms. The Labute approximate surface area is 173 Å². The van der Waals surface area contributed by atoms with Crippen molar-refractivity contribution in [2.45, 2.75) is 42.9 Å². The summed E-state index contributed by atoms with van der Waals surface area (Å²) >= 11 is 0. The van der Waals surface area contributed by atoms with Crippen molar-refractivity contribution in [3.8, 4) is 5.75 Å². The first-order valence-electron chi connectivity index (χ1n) is 10.4. The van der Waals surface area contributed by atoms with E-state index in [1.54, 1.807) is 17.5 Å². The predicted molar refractivity (Wildman–Crippen MR) is 114 cm³/mol. The second-order valence-electron chi connectivity index (χ2n) is 7.85. The highest BCUT2D eigenvalue weighted by Crippen LogP contribution is 2.32. The Morgan fingerprint density at radius 1 is 1.00 bits per heavy atom.